The molecular weight excluding hydrogens is 667 g/mol. The second kappa shape index (κ2) is 11.4. The molecule has 2 aliphatic rings. The molecule has 9 aromatic carbocycles. The number of furan rings is 1. The first-order chi connectivity index (χ1) is 27.3. The summed E-state index contributed by atoms with van der Waals surface area (Å²) in [5.41, 5.74) is 17.6. The molecule has 1 aromatic heterocycles. The lowest BCUT2D eigenvalue weighted by atomic mass is 9.58. The highest BCUT2D eigenvalue weighted by Crippen LogP contribution is 2.64. The first-order valence-corrected chi connectivity index (χ1v) is 19.0. The summed E-state index contributed by atoms with van der Waals surface area (Å²) < 4.78 is 6.44. The van der Waals surface area contributed by atoms with Gasteiger partial charge in [0.2, 0.25) is 0 Å². The fraction of sp³-hybridized carbons (Fsp3) is 0.0189. The van der Waals surface area contributed by atoms with E-state index in [0.717, 1.165) is 50.1 Å². The van der Waals surface area contributed by atoms with Crippen molar-refractivity contribution in [1.29, 1.82) is 0 Å². The monoisotopic (exact) mass is 699 g/mol. The Morgan fingerprint density at radius 1 is 0.364 bits per heavy atom. The van der Waals surface area contributed by atoms with Crippen LogP contribution in [0.15, 0.2) is 205 Å². The van der Waals surface area contributed by atoms with Crippen molar-refractivity contribution in [1.82, 2.24) is 0 Å². The van der Waals surface area contributed by atoms with Crippen molar-refractivity contribution in [2.45, 2.75) is 5.41 Å². The minimum atomic E-state index is -0.310. The summed E-state index contributed by atoms with van der Waals surface area (Å²) >= 11 is 0. The van der Waals surface area contributed by atoms with Gasteiger partial charge in [0.05, 0.1) is 5.41 Å². The first-order valence-electron chi connectivity index (χ1n) is 19.0. The van der Waals surface area contributed by atoms with E-state index in [-0.39, 0.29) is 5.41 Å². The number of anilines is 3. The maximum atomic E-state index is 6.44. The van der Waals surface area contributed by atoms with Gasteiger partial charge in [-0.2, -0.15) is 0 Å². The van der Waals surface area contributed by atoms with E-state index in [2.05, 4.69) is 193 Å². The highest BCUT2D eigenvalue weighted by molar-refractivity contribution is 6.10. The number of nitrogens with zero attached hydrogens (tertiary/aromatic N) is 1. The third kappa shape index (κ3) is 4.19. The predicted molar refractivity (Wildman–Crippen MR) is 228 cm³/mol. The summed E-state index contributed by atoms with van der Waals surface area (Å²) in [5, 5.41) is 4.98. The van der Waals surface area contributed by atoms with E-state index >= 15 is 0 Å². The van der Waals surface area contributed by atoms with Crippen LogP contribution in [0.25, 0.3) is 66.1 Å². The van der Waals surface area contributed by atoms with Crippen LogP contribution in [-0.2, 0) is 5.41 Å². The molecule has 1 heterocycles. The number of hydrogen-bond donors (Lipinski definition) is 0. The van der Waals surface area contributed by atoms with Crippen molar-refractivity contribution in [3.8, 4) is 33.4 Å². The fourth-order valence-electron chi connectivity index (χ4n) is 9.68. The highest BCUT2D eigenvalue weighted by atomic mass is 16.3. The van der Waals surface area contributed by atoms with Crippen molar-refractivity contribution in [3.63, 3.8) is 0 Å². The summed E-state index contributed by atoms with van der Waals surface area (Å²) in [4.78, 5) is 2.41. The summed E-state index contributed by atoms with van der Waals surface area (Å²) in [6.07, 6.45) is 0. The molecule has 0 atom stereocenters. The topological polar surface area (TPSA) is 16.4 Å². The molecule has 0 amide bonds. The van der Waals surface area contributed by atoms with Crippen molar-refractivity contribution >= 4 is 49.8 Å². The molecule has 55 heavy (non-hydrogen) atoms. The van der Waals surface area contributed by atoms with Crippen LogP contribution in [0, 0.1) is 0 Å². The van der Waals surface area contributed by atoms with E-state index in [1.165, 1.54) is 55.3 Å². The van der Waals surface area contributed by atoms with Gasteiger partial charge in [-0.25, -0.2) is 0 Å². The Hall–Kier alpha value is -7.16. The summed E-state index contributed by atoms with van der Waals surface area (Å²) in [5.74, 6) is 0. The van der Waals surface area contributed by atoms with Crippen LogP contribution in [0.5, 0.6) is 0 Å². The average Bonchev–Trinajstić information content (AvgIpc) is 3.79. The zero-order chi connectivity index (χ0) is 36.1. The fourth-order valence-corrected chi connectivity index (χ4v) is 9.68. The van der Waals surface area contributed by atoms with E-state index in [9.17, 15) is 0 Å². The van der Waals surface area contributed by atoms with Crippen molar-refractivity contribution in [2.24, 2.45) is 0 Å². The average molecular weight is 700 g/mol. The van der Waals surface area contributed by atoms with Gasteiger partial charge in [0, 0.05) is 33.4 Å². The van der Waals surface area contributed by atoms with Gasteiger partial charge in [0.1, 0.15) is 11.2 Å². The van der Waals surface area contributed by atoms with Crippen molar-refractivity contribution in [3.05, 3.63) is 222 Å². The molecule has 0 bridgehead atoms. The Kier molecular flexibility index (Phi) is 6.29. The molecule has 0 fully saturated rings. The molecule has 0 saturated carbocycles. The lowest BCUT2D eigenvalue weighted by Crippen LogP contribution is -2.36. The lowest BCUT2D eigenvalue weighted by molar-refractivity contribution is 0.670. The van der Waals surface area contributed by atoms with Gasteiger partial charge < -0.3 is 9.32 Å². The van der Waals surface area contributed by atoms with E-state index in [1.54, 1.807) is 0 Å². The number of fused-ring (bicyclic) bond motifs is 10. The Bertz CT molecular complexity index is 3100. The van der Waals surface area contributed by atoms with Gasteiger partial charge in [-0.15, -0.1) is 0 Å². The summed E-state index contributed by atoms with van der Waals surface area (Å²) in [7, 11) is 0. The van der Waals surface area contributed by atoms with Crippen LogP contribution >= 0.6 is 0 Å². The summed E-state index contributed by atoms with van der Waals surface area (Å²) in [6, 6.07) is 73.0. The van der Waals surface area contributed by atoms with Crippen LogP contribution in [0.2, 0.25) is 0 Å². The molecule has 256 valence electrons. The second-order valence-electron chi connectivity index (χ2n) is 14.8. The molecular formula is C53H33NO. The van der Waals surface area contributed by atoms with Gasteiger partial charge in [-0.05, 0) is 103 Å². The molecule has 0 radical (unpaired) electrons. The third-order valence-corrected chi connectivity index (χ3v) is 12.1. The van der Waals surface area contributed by atoms with Gasteiger partial charge >= 0.3 is 0 Å². The quantitative estimate of drug-likeness (QED) is 0.178. The summed E-state index contributed by atoms with van der Waals surface area (Å²) in [6.45, 7) is 0. The van der Waals surface area contributed by atoms with Crippen LogP contribution < -0.4 is 4.90 Å². The van der Waals surface area contributed by atoms with Gasteiger partial charge in [-0.1, -0.05) is 158 Å². The Labute approximate surface area is 319 Å². The van der Waals surface area contributed by atoms with Crippen LogP contribution in [0.1, 0.15) is 22.3 Å². The van der Waals surface area contributed by atoms with E-state index < -0.39 is 0 Å². The molecule has 12 rings (SSSR count). The second-order valence-corrected chi connectivity index (χ2v) is 14.8. The molecule has 0 aliphatic heterocycles. The van der Waals surface area contributed by atoms with E-state index in [1.807, 2.05) is 12.1 Å². The SMILES string of the molecule is c1ccc(-c2ccc(N(c3ccc(-c4cccc5c4oc4ccccc45)cc3)c3ccc4c(c3)C3(c5ccccc5-4)c4cccc5cccc3c45)cc2)cc1. The lowest BCUT2D eigenvalue weighted by Gasteiger charge is -2.43. The maximum absolute atomic E-state index is 6.44. The zero-order valence-electron chi connectivity index (χ0n) is 29.9. The van der Waals surface area contributed by atoms with Crippen LogP contribution in [0.4, 0.5) is 17.1 Å². The number of para-hydroxylation sites is 2. The minimum absolute atomic E-state index is 0.310. The Morgan fingerprint density at radius 2 is 0.927 bits per heavy atom. The van der Waals surface area contributed by atoms with Crippen LogP contribution in [-0.4, -0.2) is 0 Å². The van der Waals surface area contributed by atoms with Gasteiger partial charge in [0.25, 0.3) is 0 Å². The largest absolute Gasteiger partial charge is 0.455 e. The molecule has 2 heteroatoms. The van der Waals surface area contributed by atoms with Crippen molar-refractivity contribution < 1.29 is 4.42 Å². The molecule has 0 saturated heterocycles. The molecule has 2 nitrogen and oxygen atoms in total. The van der Waals surface area contributed by atoms with Crippen molar-refractivity contribution in [2.75, 3.05) is 4.90 Å². The van der Waals surface area contributed by atoms with Crippen LogP contribution in [0.3, 0.4) is 0 Å². The molecule has 0 unspecified atom stereocenters. The van der Waals surface area contributed by atoms with E-state index in [4.69, 9.17) is 4.42 Å². The minimum Gasteiger partial charge on any atom is -0.455 e. The first kappa shape index (κ1) is 30.3. The normalized spacial score (nSPS) is 13.2. The number of hydrogen-bond acceptors (Lipinski definition) is 2. The number of rotatable bonds is 5. The zero-order valence-corrected chi connectivity index (χ0v) is 29.9. The van der Waals surface area contributed by atoms with Gasteiger partial charge in [0.15, 0.2) is 0 Å². The van der Waals surface area contributed by atoms with E-state index in [0.29, 0.717) is 0 Å². The molecule has 10 aromatic rings. The standard InChI is InChI=1S/C53H33NO/c1-2-11-34(12-3-1)35-23-27-38(28-24-35)54(39-29-25-36(26-30-39)41-17-10-18-45-44-16-5-7-22-50(44)55-52(41)45)40-31-32-43-42-15-4-6-19-46(42)53(49(43)33-40)47-20-8-13-37-14-9-21-48(53)51(37)47/h1-33H. The smallest absolute Gasteiger partial charge is 0.143 e. The van der Waals surface area contributed by atoms with Gasteiger partial charge in [-0.3, -0.25) is 0 Å². The Balaban J connectivity index is 1.03. The maximum Gasteiger partial charge on any atom is 0.143 e. The molecule has 2 aliphatic carbocycles. The molecule has 1 spiro atoms. The third-order valence-electron chi connectivity index (χ3n) is 12.1. The predicted octanol–water partition coefficient (Wildman–Crippen LogP) is 14.2. The Morgan fingerprint density at radius 3 is 1.71 bits per heavy atom. The molecule has 0 N–H and O–H groups in total. The number of benzene rings is 9. The highest BCUT2D eigenvalue weighted by Gasteiger charge is 2.53.